The first kappa shape index (κ1) is 13.0. The third-order valence-corrected chi connectivity index (χ3v) is 2.62. The van der Waals surface area contributed by atoms with Gasteiger partial charge in [-0.05, 0) is 26.0 Å². The van der Waals surface area contributed by atoms with Crippen LogP contribution < -0.4 is 10.2 Å². The molecule has 1 aromatic rings. The standard InChI is InChI=1S/C13H23N3/c1-10(2)14-9-12-7-6-8-13(15-12)16(5)11(3)4/h6-8,10-11,14H,9H2,1-5H3. The molecular formula is C13H23N3. The normalized spacial score (nSPS) is 11.2. The average molecular weight is 221 g/mol. The second-order valence-corrected chi connectivity index (χ2v) is 4.73. The minimum absolute atomic E-state index is 0.473. The van der Waals surface area contributed by atoms with E-state index in [9.17, 15) is 0 Å². The van der Waals surface area contributed by atoms with E-state index < -0.39 is 0 Å². The number of hydrogen-bond donors (Lipinski definition) is 1. The lowest BCUT2D eigenvalue weighted by Crippen LogP contribution is -2.27. The Kier molecular flexibility index (Phi) is 4.74. The van der Waals surface area contributed by atoms with Crippen LogP contribution in [0.5, 0.6) is 0 Å². The summed E-state index contributed by atoms with van der Waals surface area (Å²) in [6, 6.07) is 7.15. The van der Waals surface area contributed by atoms with E-state index in [1.165, 1.54) is 0 Å². The zero-order valence-electron chi connectivity index (χ0n) is 11.0. The van der Waals surface area contributed by atoms with Crippen LogP contribution in [0, 0.1) is 0 Å². The van der Waals surface area contributed by atoms with Gasteiger partial charge in [0.05, 0.1) is 5.69 Å². The van der Waals surface area contributed by atoms with Crippen molar-refractivity contribution < 1.29 is 0 Å². The summed E-state index contributed by atoms with van der Waals surface area (Å²) >= 11 is 0. The average Bonchev–Trinajstić information content (AvgIpc) is 2.25. The van der Waals surface area contributed by atoms with Crippen molar-refractivity contribution in [2.45, 2.75) is 46.3 Å². The SMILES string of the molecule is CC(C)NCc1cccc(N(C)C(C)C)n1. The molecule has 0 aliphatic heterocycles. The summed E-state index contributed by atoms with van der Waals surface area (Å²) in [7, 11) is 2.08. The maximum atomic E-state index is 4.63. The van der Waals surface area contributed by atoms with Gasteiger partial charge in [-0.3, -0.25) is 0 Å². The third kappa shape index (κ3) is 3.81. The van der Waals surface area contributed by atoms with Crippen LogP contribution in [0.25, 0.3) is 0 Å². The summed E-state index contributed by atoms with van der Waals surface area (Å²) in [5.41, 5.74) is 1.10. The number of pyridine rings is 1. The van der Waals surface area contributed by atoms with Gasteiger partial charge in [0.1, 0.15) is 5.82 Å². The minimum Gasteiger partial charge on any atom is -0.357 e. The predicted octanol–water partition coefficient (Wildman–Crippen LogP) is 2.42. The third-order valence-electron chi connectivity index (χ3n) is 2.62. The minimum atomic E-state index is 0.473. The summed E-state index contributed by atoms with van der Waals surface area (Å²) in [5.74, 6) is 1.04. The Labute approximate surface area is 98.9 Å². The number of anilines is 1. The first-order valence-corrected chi connectivity index (χ1v) is 5.93. The van der Waals surface area contributed by atoms with Crippen molar-refractivity contribution in [3.63, 3.8) is 0 Å². The van der Waals surface area contributed by atoms with Gasteiger partial charge in [-0.15, -0.1) is 0 Å². The topological polar surface area (TPSA) is 28.2 Å². The molecule has 1 rings (SSSR count). The molecule has 0 radical (unpaired) electrons. The number of aromatic nitrogens is 1. The van der Waals surface area contributed by atoms with E-state index in [0.717, 1.165) is 18.1 Å². The molecule has 0 atom stereocenters. The molecule has 0 spiro atoms. The maximum absolute atomic E-state index is 4.63. The number of rotatable bonds is 5. The molecule has 0 aliphatic carbocycles. The monoisotopic (exact) mass is 221 g/mol. The highest BCUT2D eigenvalue weighted by molar-refractivity contribution is 5.39. The van der Waals surface area contributed by atoms with Crippen LogP contribution in [0.4, 0.5) is 5.82 Å². The lowest BCUT2D eigenvalue weighted by molar-refractivity contribution is 0.580. The molecule has 1 aromatic heterocycles. The van der Waals surface area contributed by atoms with Gasteiger partial charge in [-0.25, -0.2) is 4.98 Å². The summed E-state index contributed by atoms with van der Waals surface area (Å²) in [6.07, 6.45) is 0. The summed E-state index contributed by atoms with van der Waals surface area (Å²) in [4.78, 5) is 6.81. The molecule has 3 heteroatoms. The van der Waals surface area contributed by atoms with Crippen molar-refractivity contribution in [3.05, 3.63) is 23.9 Å². The number of nitrogens with one attached hydrogen (secondary N) is 1. The Hall–Kier alpha value is -1.09. The van der Waals surface area contributed by atoms with Crippen molar-refractivity contribution >= 4 is 5.82 Å². The quantitative estimate of drug-likeness (QED) is 0.827. The molecule has 0 fully saturated rings. The smallest absolute Gasteiger partial charge is 0.128 e. The van der Waals surface area contributed by atoms with Crippen LogP contribution in [-0.4, -0.2) is 24.1 Å². The highest BCUT2D eigenvalue weighted by atomic mass is 15.2. The van der Waals surface area contributed by atoms with Gasteiger partial charge < -0.3 is 10.2 Å². The van der Waals surface area contributed by atoms with Gasteiger partial charge in [0.25, 0.3) is 0 Å². The van der Waals surface area contributed by atoms with Gasteiger partial charge in [-0.2, -0.15) is 0 Å². The fourth-order valence-corrected chi connectivity index (χ4v) is 1.34. The lowest BCUT2D eigenvalue weighted by Gasteiger charge is -2.23. The van der Waals surface area contributed by atoms with E-state index in [2.05, 4.69) is 68.1 Å². The van der Waals surface area contributed by atoms with Crippen molar-refractivity contribution in [1.29, 1.82) is 0 Å². The van der Waals surface area contributed by atoms with Crippen LogP contribution in [0.3, 0.4) is 0 Å². The van der Waals surface area contributed by atoms with Crippen molar-refractivity contribution in [3.8, 4) is 0 Å². The molecule has 0 aromatic carbocycles. The van der Waals surface area contributed by atoms with Crippen LogP contribution in [-0.2, 0) is 6.54 Å². The second kappa shape index (κ2) is 5.85. The Bertz CT molecular complexity index is 321. The highest BCUT2D eigenvalue weighted by Crippen LogP contribution is 2.12. The molecule has 1 N–H and O–H groups in total. The Morgan fingerprint density at radius 1 is 1.25 bits per heavy atom. The van der Waals surface area contributed by atoms with Gasteiger partial charge >= 0.3 is 0 Å². The molecule has 3 nitrogen and oxygen atoms in total. The van der Waals surface area contributed by atoms with Crippen LogP contribution in [0.2, 0.25) is 0 Å². The maximum Gasteiger partial charge on any atom is 0.128 e. The van der Waals surface area contributed by atoms with Crippen molar-refractivity contribution in [2.75, 3.05) is 11.9 Å². The first-order chi connectivity index (χ1) is 7.50. The molecule has 0 saturated heterocycles. The van der Waals surface area contributed by atoms with Crippen molar-refractivity contribution in [1.82, 2.24) is 10.3 Å². The fourth-order valence-electron chi connectivity index (χ4n) is 1.34. The molecular weight excluding hydrogens is 198 g/mol. The van der Waals surface area contributed by atoms with E-state index >= 15 is 0 Å². The number of hydrogen-bond acceptors (Lipinski definition) is 3. The lowest BCUT2D eigenvalue weighted by atomic mass is 10.3. The van der Waals surface area contributed by atoms with Gasteiger partial charge in [-0.1, -0.05) is 19.9 Å². The second-order valence-electron chi connectivity index (χ2n) is 4.73. The van der Waals surface area contributed by atoms with Gasteiger partial charge in [0.2, 0.25) is 0 Å². The molecule has 0 amide bonds. The van der Waals surface area contributed by atoms with Gasteiger partial charge in [0, 0.05) is 25.7 Å². The van der Waals surface area contributed by atoms with E-state index in [1.54, 1.807) is 0 Å². The Morgan fingerprint density at radius 2 is 1.94 bits per heavy atom. The zero-order valence-corrected chi connectivity index (χ0v) is 11.0. The molecule has 1 heterocycles. The summed E-state index contributed by atoms with van der Waals surface area (Å²) in [5, 5.41) is 3.38. The van der Waals surface area contributed by atoms with Crippen LogP contribution in [0.15, 0.2) is 18.2 Å². The van der Waals surface area contributed by atoms with E-state index in [1.807, 2.05) is 0 Å². The zero-order chi connectivity index (χ0) is 12.1. The molecule has 0 aliphatic rings. The van der Waals surface area contributed by atoms with E-state index in [4.69, 9.17) is 0 Å². The van der Waals surface area contributed by atoms with Gasteiger partial charge in [0.15, 0.2) is 0 Å². The van der Waals surface area contributed by atoms with Crippen molar-refractivity contribution in [2.24, 2.45) is 0 Å². The largest absolute Gasteiger partial charge is 0.357 e. The number of nitrogens with zero attached hydrogens (tertiary/aromatic N) is 2. The molecule has 0 bridgehead atoms. The summed E-state index contributed by atoms with van der Waals surface area (Å²) < 4.78 is 0. The van der Waals surface area contributed by atoms with Crippen LogP contribution in [0.1, 0.15) is 33.4 Å². The molecule has 0 saturated carbocycles. The van der Waals surface area contributed by atoms with E-state index in [0.29, 0.717) is 12.1 Å². The highest BCUT2D eigenvalue weighted by Gasteiger charge is 2.06. The first-order valence-electron chi connectivity index (χ1n) is 5.93. The Morgan fingerprint density at radius 3 is 2.50 bits per heavy atom. The molecule has 90 valence electrons. The van der Waals surface area contributed by atoms with E-state index in [-0.39, 0.29) is 0 Å². The van der Waals surface area contributed by atoms with Crippen LogP contribution >= 0.6 is 0 Å². The predicted molar refractivity (Wildman–Crippen MR) is 69.8 cm³/mol. The molecule has 0 unspecified atom stereocenters. The Balaban J connectivity index is 2.71. The summed E-state index contributed by atoms with van der Waals surface area (Å²) in [6.45, 7) is 9.45. The molecule has 16 heavy (non-hydrogen) atoms. The fraction of sp³-hybridized carbons (Fsp3) is 0.615.